The van der Waals surface area contributed by atoms with Gasteiger partial charge in [0.15, 0.2) is 0 Å². The van der Waals surface area contributed by atoms with Crippen molar-refractivity contribution in [3.63, 3.8) is 0 Å². The van der Waals surface area contributed by atoms with Crippen molar-refractivity contribution < 1.29 is 17.9 Å². The molecular formula is C13H10F3NO. The van der Waals surface area contributed by atoms with E-state index in [-0.39, 0.29) is 5.75 Å². The fourth-order valence-electron chi connectivity index (χ4n) is 1.52. The van der Waals surface area contributed by atoms with Gasteiger partial charge in [0.05, 0.1) is 0 Å². The Balaban J connectivity index is 2.04. The minimum atomic E-state index is -4.65. The van der Waals surface area contributed by atoms with E-state index in [1.54, 1.807) is 18.3 Å². The van der Waals surface area contributed by atoms with Crippen LogP contribution in [0.4, 0.5) is 13.2 Å². The second-order valence-electron chi connectivity index (χ2n) is 3.69. The van der Waals surface area contributed by atoms with Crippen LogP contribution in [0.15, 0.2) is 48.7 Å². The van der Waals surface area contributed by atoms with Gasteiger partial charge in [-0.15, -0.1) is 13.2 Å². The Labute approximate surface area is 102 Å². The van der Waals surface area contributed by atoms with Crippen molar-refractivity contribution in [2.24, 2.45) is 0 Å². The van der Waals surface area contributed by atoms with Crippen LogP contribution in [0.1, 0.15) is 11.3 Å². The van der Waals surface area contributed by atoms with Crippen LogP contribution in [0.25, 0.3) is 0 Å². The van der Waals surface area contributed by atoms with E-state index in [1.165, 1.54) is 12.1 Å². The number of hydrogen-bond acceptors (Lipinski definition) is 2. The first-order valence-electron chi connectivity index (χ1n) is 5.27. The third-order valence-electron chi connectivity index (χ3n) is 2.27. The molecule has 0 spiro atoms. The third kappa shape index (κ3) is 3.76. The molecule has 2 nitrogen and oxygen atoms in total. The van der Waals surface area contributed by atoms with Crippen LogP contribution in [0, 0.1) is 0 Å². The average Bonchev–Trinajstić information content (AvgIpc) is 2.31. The second-order valence-corrected chi connectivity index (χ2v) is 3.69. The van der Waals surface area contributed by atoms with Crippen LogP contribution in [0.3, 0.4) is 0 Å². The molecule has 0 radical (unpaired) electrons. The summed E-state index contributed by atoms with van der Waals surface area (Å²) in [5.74, 6) is -0.215. The molecule has 0 saturated carbocycles. The van der Waals surface area contributed by atoms with Crippen molar-refractivity contribution in [2.75, 3.05) is 0 Å². The van der Waals surface area contributed by atoms with E-state index in [9.17, 15) is 13.2 Å². The average molecular weight is 253 g/mol. The minimum absolute atomic E-state index is 0.215. The molecule has 0 N–H and O–H groups in total. The number of nitrogens with zero attached hydrogens (tertiary/aromatic N) is 1. The molecule has 0 aliphatic carbocycles. The minimum Gasteiger partial charge on any atom is -0.406 e. The van der Waals surface area contributed by atoms with Crippen molar-refractivity contribution in [3.8, 4) is 5.75 Å². The quantitative estimate of drug-likeness (QED) is 0.834. The lowest BCUT2D eigenvalue weighted by Crippen LogP contribution is -2.17. The summed E-state index contributed by atoms with van der Waals surface area (Å²) in [4.78, 5) is 4.14. The zero-order chi connectivity index (χ0) is 13.0. The van der Waals surface area contributed by atoms with Gasteiger partial charge in [0.1, 0.15) is 5.75 Å². The van der Waals surface area contributed by atoms with Crippen LogP contribution in [-0.4, -0.2) is 11.3 Å². The molecule has 0 aliphatic rings. The van der Waals surface area contributed by atoms with Gasteiger partial charge < -0.3 is 4.74 Å². The smallest absolute Gasteiger partial charge is 0.406 e. The zero-order valence-electron chi connectivity index (χ0n) is 9.32. The Kier molecular flexibility index (Phi) is 3.50. The number of alkyl halides is 3. The van der Waals surface area contributed by atoms with E-state index in [4.69, 9.17) is 0 Å². The van der Waals surface area contributed by atoms with Gasteiger partial charge in [-0.25, -0.2) is 0 Å². The fourth-order valence-corrected chi connectivity index (χ4v) is 1.52. The first-order chi connectivity index (χ1) is 8.53. The molecule has 2 rings (SSSR count). The lowest BCUT2D eigenvalue weighted by molar-refractivity contribution is -0.274. The Morgan fingerprint density at radius 2 is 1.72 bits per heavy atom. The molecule has 5 heteroatoms. The summed E-state index contributed by atoms with van der Waals surface area (Å²) in [5.41, 5.74) is 1.74. The number of pyridine rings is 1. The Morgan fingerprint density at radius 1 is 1.00 bits per heavy atom. The summed E-state index contributed by atoms with van der Waals surface area (Å²) < 4.78 is 39.7. The van der Waals surface area contributed by atoms with Crippen molar-refractivity contribution in [3.05, 3.63) is 59.9 Å². The summed E-state index contributed by atoms with van der Waals surface area (Å²) >= 11 is 0. The van der Waals surface area contributed by atoms with Crippen molar-refractivity contribution in [2.45, 2.75) is 12.8 Å². The van der Waals surface area contributed by atoms with Crippen LogP contribution in [-0.2, 0) is 6.42 Å². The summed E-state index contributed by atoms with van der Waals surface area (Å²) in [6.07, 6.45) is -2.40. The molecule has 1 aromatic carbocycles. The Morgan fingerprint density at radius 3 is 2.28 bits per heavy atom. The van der Waals surface area contributed by atoms with Gasteiger partial charge in [-0.2, -0.15) is 0 Å². The Bertz CT molecular complexity index is 494. The topological polar surface area (TPSA) is 22.1 Å². The van der Waals surface area contributed by atoms with Crippen LogP contribution in [0.2, 0.25) is 0 Å². The predicted octanol–water partition coefficient (Wildman–Crippen LogP) is 3.57. The van der Waals surface area contributed by atoms with E-state index < -0.39 is 6.36 Å². The molecule has 2 aromatic rings. The zero-order valence-corrected chi connectivity index (χ0v) is 9.32. The van der Waals surface area contributed by atoms with Crippen molar-refractivity contribution in [1.82, 2.24) is 4.98 Å². The van der Waals surface area contributed by atoms with E-state index in [1.807, 2.05) is 18.2 Å². The summed E-state index contributed by atoms with van der Waals surface area (Å²) in [6.45, 7) is 0. The normalized spacial score (nSPS) is 11.3. The maximum absolute atomic E-state index is 12.0. The van der Waals surface area contributed by atoms with Crippen molar-refractivity contribution >= 4 is 0 Å². The third-order valence-corrected chi connectivity index (χ3v) is 2.27. The van der Waals surface area contributed by atoms with Gasteiger partial charge in [0, 0.05) is 18.3 Å². The molecule has 18 heavy (non-hydrogen) atoms. The van der Waals surface area contributed by atoms with Gasteiger partial charge >= 0.3 is 6.36 Å². The van der Waals surface area contributed by atoms with Gasteiger partial charge in [0.2, 0.25) is 0 Å². The highest BCUT2D eigenvalue weighted by molar-refractivity contribution is 5.29. The number of rotatable bonds is 3. The van der Waals surface area contributed by atoms with Gasteiger partial charge in [-0.3, -0.25) is 4.98 Å². The van der Waals surface area contributed by atoms with Gasteiger partial charge in [0.25, 0.3) is 0 Å². The number of halogens is 3. The number of hydrogen-bond donors (Lipinski definition) is 0. The van der Waals surface area contributed by atoms with Crippen LogP contribution in [0.5, 0.6) is 5.75 Å². The van der Waals surface area contributed by atoms with Crippen LogP contribution < -0.4 is 4.74 Å². The molecule has 0 bridgehead atoms. The fraction of sp³-hybridized carbons (Fsp3) is 0.154. The molecule has 1 aromatic heterocycles. The van der Waals surface area contributed by atoms with E-state index in [2.05, 4.69) is 9.72 Å². The molecule has 0 aliphatic heterocycles. The molecule has 0 amide bonds. The maximum Gasteiger partial charge on any atom is 0.573 e. The first-order valence-corrected chi connectivity index (χ1v) is 5.27. The van der Waals surface area contributed by atoms with E-state index in [0.29, 0.717) is 6.42 Å². The van der Waals surface area contributed by atoms with Gasteiger partial charge in [-0.05, 0) is 29.8 Å². The number of benzene rings is 1. The largest absolute Gasteiger partial charge is 0.573 e. The lowest BCUT2D eigenvalue weighted by Gasteiger charge is -2.09. The predicted molar refractivity (Wildman–Crippen MR) is 60.2 cm³/mol. The lowest BCUT2D eigenvalue weighted by atomic mass is 10.1. The number of ether oxygens (including phenoxy) is 1. The summed E-state index contributed by atoms with van der Waals surface area (Å²) in [7, 11) is 0. The molecule has 0 atom stereocenters. The van der Waals surface area contributed by atoms with Crippen LogP contribution >= 0.6 is 0 Å². The molecule has 0 fully saturated rings. The van der Waals surface area contributed by atoms with Gasteiger partial charge in [-0.1, -0.05) is 18.2 Å². The molecule has 94 valence electrons. The van der Waals surface area contributed by atoms with E-state index >= 15 is 0 Å². The second kappa shape index (κ2) is 5.08. The monoisotopic (exact) mass is 253 g/mol. The highest BCUT2D eigenvalue weighted by Gasteiger charge is 2.30. The maximum atomic E-state index is 12.0. The molecular weight excluding hydrogens is 243 g/mol. The van der Waals surface area contributed by atoms with Crippen molar-refractivity contribution in [1.29, 1.82) is 0 Å². The first kappa shape index (κ1) is 12.4. The highest BCUT2D eigenvalue weighted by Crippen LogP contribution is 2.23. The Hall–Kier alpha value is -2.04. The summed E-state index contributed by atoms with van der Waals surface area (Å²) in [6, 6.07) is 11.3. The molecule has 0 saturated heterocycles. The number of aromatic nitrogens is 1. The van der Waals surface area contributed by atoms with E-state index in [0.717, 1.165) is 11.3 Å². The highest BCUT2D eigenvalue weighted by atomic mass is 19.4. The standard InChI is InChI=1S/C13H10F3NO/c14-13(15,16)18-12-6-4-10(5-7-12)9-11-3-1-2-8-17-11/h1-8H,9H2. The molecule has 0 unspecified atom stereocenters. The SMILES string of the molecule is FC(F)(F)Oc1ccc(Cc2ccccn2)cc1. The molecule has 1 heterocycles. The summed E-state index contributed by atoms with van der Waals surface area (Å²) in [5, 5.41) is 0.